The van der Waals surface area contributed by atoms with Gasteiger partial charge in [0.05, 0.1) is 0 Å². The first-order chi connectivity index (χ1) is 13.4. The van der Waals surface area contributed by atoms with Crippen molar-refractivity contribution in [3.05, 3.63) is 94.5 Å². The summed E-state index contributed by atoms with van der Waals surface area (Å²) in [5.41, 5.74) is 2.77. The molecule has 1 amide bonds. The van der Waals surface area contributed by atoms with Crippen LogP contribution in [0, 0.1) is 6.92 Å². The van der Waals surface area contributed by atoms with Crippen LogP contribution in [-0.2, 0) is 0 Å². The molecule has 0 saturated heterocycles. The van der Waals surface area contributed by atoms with Crippen LogP contribution in [0.25, 0.3) is 0 Å². The Kier molecular flexibility index (Phi) is 6.12. The van der Waals surface area contributed by atoms with Gasteiger partial charge in [-0.05, 0) is 50.2 Å². The maximum atomic E-state index is 12.5. The zero-order valence-corrected chi connectivity index (χ0v) is 16.4. The minimum Gasteiger partial charge on any atom is -0.482 e. The van der Waals surface area contributed by atoms with Gasteiger partial charge in [-0.2, -0.15) is 0 Å². The first-order valence-electron chi connectivity index (χ1n) is 8.87. The van der Waals surface area contributed by atoms with Crippen molar-refractivity contribution in [3.63, 3.8) is 0 Å². The Hall–Kier alpha value is -3.11. The number of Topliss-reactive ketones (excluding diaryl/α,β-unsaturated/α-hetero) is 1. The minimum absolute atomic E-state index is 0.101. The highest BCUT2D eigenvalue weighted by atomic mass is 35.5. The van der Waals surface area contributed by atoms with E-state index < -0.39 is 6.10 Å². The first kappa shape index (κ1) is 19.6. The number of ketones is 1. The first-order valence-corrected chi connectivity index (χ1v) is 9.25. The predicted molar refractivity (Wildman–Crippen MR) is 111 cm³/mol. The molecule has 0 bridgehead atoms. The average molecular weight is 394 g/mol. The van der Waals surface area contributed by atoms with E-state index in [-0.39, 0.29) is 11.7 Å². The largest absolute Gasteiger partial charge is 0.482 e. The third-order valence-electron chi connectivity index (χ3n) is 4.22. The molecule has 0 heterocycles. The lowest BCUT2D eigenvalue weighted by molar-refractivity contribution is 0.0818. The van der Waals surface area contributed by atoms with Crippen LogP contribution in [-0.4, -0.2) is 17.8 Å². The van der Waals surface area contributed by atoms with Gasteiger partial charge in [-0.25, -0.2) is 0 Å². The SMILES string of the molecule is Cc1ccc(C(=O)C(C)Oc2cccc(NC(=O)c3ccc(Cl)cc3)c2)cc1. The second kappa shape index (κ2) is 8.72. The van der Waals surface area contributed by atoms with E-state index in [4.69, 9.17) is 16.3 Å². The number of benzene rings is 3. The molecular formula is C23H20ClNO3. The van der Waals surface area contributed by atoms with Crippen molar-refractivity contribution >= 4 is 29.0 Å². The monoisotopic (exact) mass is 393 g/mol. The molecule has 0 aliphatic rings. The number of nitrogens with one attached hydrogen (secondary N) is 1. The number of aryl methyl sites for hydroxylation is 1. The van der Waals surface area contributed by atoms with Crippen LogP contribution in [0.2, 0.25) is 5.02 Å². The fraction of sp³-hybridized carbons (Fsp3) is 0.130. The summed E-state index contributed by atoms with van der Waals surface area (Å²) in [5.74, 6) is 0.148. The number of amides is 1. The second-order valence-corrected chi connectivity index (χ2v) is 6.92. The van der Waals surface area contributed by atoms with Gasteiger partial charge in [0.15, 0.2) is 6.10 Å². The Morgan fingerprint density at radius 1 is 0.929 bits per heavy atom. The van der Waals surface area contributed by atoms with Gasteiger partial charge in [-0.3, -0.25) is 9.59 Å². The number of hydrogen-bond acceptors (Lipinski definition) is 3. The lowest BCUT2D eigenvalue weighted by Gasteiger charge is -2.15. The van der Waals surface area contributed by atoms with Gasteiger partial charge in [0, 0.05) is 27.9 Å². The van der Waals surface area contributed by atoms with Crippen LogP contribution in [0.4, 0.5) is 5.69 Å². The van der Waals surface area contributed by atoms with E-state index in [1.165, 1.54) is 0 Å². The van der Waals surface area contributed by atoms with Gasteiger partial charge < -0.3 is 10.1 Å². The van der Waals surface area contributed by atoms with Crippen LogP contribution in [0.3, 0.4) is 0 Å². The zero-order chi connectivity index (χ0) is 20.1. The molecule has 0 aliphatic heterocycles. The zero-order valence-electron chi connectivity index (χ0n) is 15.6. The summed E-state index contributed by atoms with van der Waals surface area (Å²) in [6, 6.07) is 21.0. The number of rotatable bonds is 6. The van der Waals surface area contributed by atoms with Crippen molar-refractivity contribution < 1.29 is 14.3 Å². The fourth-order valence-corrected chi connectivity index (χ4v) is 2.79. The van der Waals surface area contributed by atoms with Crippen LogP contribution in [0.1, 0.15) is 33.2 Å². The molecular weight excluding hydrogens is 374 g/mol. The number of carbonyl (C=O) groups is 2. The van der Waals surface area contributed by atoms with Crippen molar-refractivity contribution in [2.45, 2.75) is 20.0 Å². The van der Waals surface area contributed by atoms with Gasteiger partial charge in [0.2, 0.25) is 5.78 Å². The minimum atomic E-state index is -0.648. The summed E-state index contributed by atoms with van der Waals surface area (Å²) < 4.78 is 5.79. The van der Waals surface area contributed by atoms with Gasteiger partial charge >= 0.3 is 0 Å². The Bertz CT molecular complexity index is 981. The highest BCUT2D eigenvalue weighted by Gasteiger charge is 2.17. The van der Waals surface area contributed by atoms with Crippen LogP contribution in [0.5, 0.6) is 5.75 Å². The molecule has 1 atom stereocenters. The normalized spacial score (nSPS) is 11.5. The van der Waals surface area contributed by atoms with E-state index >= 15 is 0 Å². The van der Waals surface area contributed by atoms with Crippen molar-refractivity contribution in [3.8, 4) is 5.75 Å². The lowest BCUT2D eigenvalue weighted by Crippen LogP contribution is -2.24. The Balaban J connectivity index is 1.67. The molecule has 3 aromatic carbocycles. The highest BCUT2D eigenvalue weighted by Crippen LogP contribution is 2.21. The molecule has 0 aromatic heterocycles. The van der Waals surface area contributed by atoms with Crippen LogP contribution >= 0.6 is 11.6 Å². The van der Waals surface area contributed by atoms with Crippen LogP contribution in [0.15, 0.2) is 72.8 Å². The smallest absolute Gasteiger partial charge is 0.255 e. The van der Waals surface area contributed by atoms with Crippen molar-refractivity contribution in [2.75, 3.05) is 5.32 Å². The van der Waals surface area contributed by atoms with E-state index in [9.17, 15) is 9.59 Å². The molecule has 0 radical (unpaired) electrons. The summed E-state index contributed by atoms with van der Waals surface area (Å²) in [4.78, 5) is 24.9. The maximum absolute atomic E-state index is 12.5. The predicted octanol–water partition coefficient (Wildman–Crippen LogP) is 5.55. The quantitative estimate of drug-likeness (QED) is 0.558. The third kappa shape index (κ3) is 4.99. The maximum Gasteiger partial charge on any atom is 0.255 e. The fourth-order valence-electron chi connectivity index (χ4n) is 2.66. The topological polar surface area (TPSA) is 55.4 Å². The molecule has 3 aromatic rings. The number of anilines is 1. The molecule has 0 fully saturated rings. The molecule has 4 nitrogen and oxygen atoms in total. The summed E-state index contributed by atoms with van der Waals surface area (Å²) in [5, 5.41) is 3.38. The van der Waals surface area contributed by atoms with Gasteiger partial charge in [-0.1, -0.05) is 47.5 Å². The summed E-state index contributed by atoms with van der Waals surface area (Å²) in [6.07, 6.45) is -0.648. The summed E-state index contributed by atoms with van der Waals surface area (Å²) >= 11 is 5.85. The van der Waals surface area contributed by atoms with E-state index in [0.29, 0.717) is 27.6 Å². The molecule has 0 saturated carbocycles. The summed E-state index contributed by atoms with van der Waals surface area (Å²) in [7, 11) is 0. The number of hydrogen-bond donors (Lipinski definition) is 1. The highest BCUT2D eigenvalue weighted by molar-refractivity contribution is 6.30. The Labute approximate surface area is 169 Å². The molecule has 1 N–H and O–H groups in total. The van der Waals surface area contributed by atoms with E-state index in [0.717, 1.165) is 5.56 Å². The molecule has 5 heteroatoms. The Morgan fingerprint density at radius 2 is 1.57 bits per heavy atom. The molecule has 0 aliphatic carbocycles. The van der Waals surface area contributed by atoms with E-state index in [2.05, 4.69) is 5.32 Å². The van der Waals surface area contributed by atoms with Crippen molar-refractivity contribution in [1.29, 1.82) is 0 Å². The lowest BCUT2D eigenvalue weighted by atomic mass is 10.1. The van der Waals surface area contributed by atoms with Crippen LogP contribution < -0.4 is 10.1 Å². The average Bonchev–Trinajstić information content (AvgIpc) is 2.68. The molecule has 1 unspecified atom stereocenters. The van der Waals surface area contributed by atoms with Gasteiger partial charge in [-0.15, -0.1) is 0 Å². The van der Waals surface area contributed by atoms with E-state index in [1.54, 1.807) is 67.6 Å². The van der Waals surface area contributed by atoms with Crippen molar-refractivity contribution in [1.82, 2.24) is 0 Å². The number of halogens is 1. The number of carbonyl (C=O) groups excluding carboxylic acids is 2. The third-order valence-corrected chi connectivity index (χ3v) is 4.47. The molecule has 142 valence electrons. The van der Waals surface area contributed by atoms with Gasteiger partial charge in [0.1, 0.15) is 5.75 Å². The molecule has 0 spiro atoms. The molecule has 3 rings (SSSR count). The standard InChI is InChI=1S/C23H20ClNO3/c1-15-6-8-17(9-7-15)22(26)16(2)28-21-5-3-4-20(14-21)25-23(27)18-10-12-19(24)13-11-18/h3-14,16H,1-2H3,(H,25,27). The Morgan fingerprint density at radius 3 is 2.25 bits per heavy atom. The van der Waals surface area contributed by atoms with E-state index in [1.807, 2.05) is 19.1 Å². The summed E-state index contributed by atoms with van der Waals surface area (Å²) in [6.45, 7) is 3.68. The van der Waals surface area contributed by atoms with Crippen molar-refractivity contribution in [2.24, 2.45) is 0 Å². The van der Waals surface area contributed by atoms with Gasteiger partial charge in [0.25, 0.3) is 5.91 Å². The molecule has 28 heavy (non-hydrogen) atoms. The second-order valence-electron chi connectivity index (χ2n) is 6.48. The number of ether oxygens (including phenoxy) is 1.